The summed E-state index contributed by atoms with van der Waals surface area (Å²) in [6.45, 7) is 4.98. The summed E-state index contributed by atoms with van der Waals surface area (Å²) in [6.07, 6.45) is 3.28. The van der Waals surface area contributed by atoms with Gasteiger partial charge < -0.3 is 20.1 Å². The molecule has 0 radical (unpaired) electrons. The number of carbonyl (C=O) groups excluding carboxylic acids is 1. The van der Waals surface area contributed by atoms with Gasteiger partial charge in [0.15, 0.2) is 0 Å². The van der Waals surface area contributed by atoms with E-state index in [1.807, 2.05) is 55.5 Å². The summed E-state index contributed by atoms with van der Waals surface area (Å²) in [5, 5.41) is 12.7. The van der Waals surface area contributed by atoms with Crippen LogP contribution in [0.25, 0.3) is 6.08 Å². The molecular weight excluding hydrogens is 340 g/mol. The average Bonchev–Trinajstić information content (AvgIpc) is 2.71. The normalized spacial score (nSPS) is 15.7. The molecule has 0 aliphatic carbocycles. The smallest absolute Gasteiger partial charge is 0.244 e. The Morgan fingerprint density at radius 2 is 2.00 bits per heavy atom. The van der Waals surface area contributed by atoms with Crippen LogP contribution in [0.1, 0.15) is 22.7 Å². The molecule has 5 nitrogen and oxygen atoms in total. The van der Waals surface area contributed by atoms with Crippen molar-refractivity contribution in [3.05, 3.63) is 71.3 Å². The van der Waals surface area contributed by atoms with Gasteiger partial charge in [0.1, 0.15) is 0 Å². The van der Waals surface area contributed by atoms with E-state index in [1.54, 1.807) is 6.08 Å². The molecule has 1 amide bonds. The number of carbonyl (C=O) groups is 1. The number of aryl methyl sites for hydroxylation is 1. The summed E-state index contributed by atoms with van der Waals surface area (Å²) in [4.78, 5) is 14.5. The molecule has 1 fully saturated rings. The lowest BCUT2D eigenvalue weighted by Crippen LogP contribution is -2.36. The molecule has 0 unspecified atom stereocenters. The van der Waals surface area contributed by atoms with Crippen LogP contribution in [-0.4, -0.2) is 43.9 Å². The number of aliphatic hydroxyl groups excluding tert-OH is 1. The molecule has 27 heavy (non-hydrogen) atoms. The van der Waals surface area contributed by atoms with Crippen molar-refractivity contribution < 1.29 is 14.6 Å². The Bertz CT molecular complexity index is 798. The van der Waals surface area contributed by atoms with Gasteiger partial charge >= 0.3 is 0 Å². The zero-order valence-corrected chi connectivity index (χ0v) is 15.6. The van der Waals surface area contributed by atoms with Gasteiger partial charge in [-0.05, 0) is 36.3 Å². The lowest BCUT2D eigenvalue weighted by molar-refractivity contribution is -0.117. The first kappa shape index (κ1) is 19.1. The Morgan fingerprint density at radius 3 is 2.74 bits per heavy atom. The van der Waals surface area contributed by atoms with Crippen molar-refractivity contribution in [3.63, 3.8) is 0 Å². The van der Waals surface area contributed by atoms with Gasteiger partial charge in [-0.2, -0.15) is 0 Å². The molecule has 1 heterocycles. The highest BCUT2D eigenvalue weighted by atomic mass is 16.5. The summed E-state index contributed by atoms with van der Waals surface area (Å²) in [6, 6.07) is 15.4. The van der Waals surface area contributed by atoms with Gasteiger partial charge in [-0.15, -0.1) is 0 Å². The third-order valence-corrected chi connectivity index (χ3v) is 4.62. The summed E-state index contributed by atoms with van der Waals surface area (Å²) >= 11 is 0. The molecule has 142 valence electrons. The molecule has 0 saturated carbocycles. The standard InChI is InChI=1S/C22H26N2O3/c1-17-4-2-5-18(14-17)8-9-22(26)23-21(16-25)19-6-3-7-20(15-19)24-10-12-27-13-11-24/h2-9,14-15,21,25H,10-13,16H2,1H3,(H,23,26)/b9-8+/t21-/m1/s1. The van der Waals surface area contributed by atoms with E-state index >= 15 is 0 Å². The number of hydrogen-bond acceptors (Lipinski definition) is 4. The van der Waals surface area contributed by atoms with E-state index in [0.717, 1.165) is 35.5 Å². The van der Waals surface area contributed by atoms with E-state index in [0.29, 0.717) is 13.2 Å². The van der Waals surface area contributed by atoms with Crippen LogP contribution in [0.4, 0.5) is 5.69 Å². The highest BCUT2D eigenvalue weighted by Crippen LogP contribution is 2.21. The number of amides is 1. The minimum absolute atomic E-state index is 0.156. The first-order valence-corrected chi connectivity index (χ1v) is 9.24. The lowest BCUT2D eigenvalue weighted by Gasteiger charge is -2.29. The van der Waals surface area contributed by atoms with Crippen molar-refractivity contribution in [3.8, 4) is 0 Å². The number of rotatable bonds is 6. The minimum atomic E-state index is -0.444. The summed E-state index contributed by atoms with van der Waals surface area (Å²) in [5.74, 6) is -0.229. The van der Waals surface area contributed by atoms with Crippen molar-refractivity contribution in [2.45, 2.75) is 13.0 Å². The van der Waals surface area contributed by atoms with Crippen LogP contribution in [0.3, 0.4) is 0 Å². The maximum Gasteiger partial charge on any atom is 0.244 e. The topological polar surface area (TPSA) is 61.8 Å². The molecule has 2 aromatic carbocycles. The van der Waals surface area contributed by atoms with Crippen molar-refractivity contribution in [2.24, 2.45) is 0 Å². The monoisotopic (exact) mass is 366 g/mol. The van der Waals surface area contributed by atoms with Crippen molar-refractivity contribution in [2.75, 3.05) is 37.8 Å². The fraction of sp³-hybridized carbons (Fsp3) is 0.318. The van der Waals surface area contributed by atoms with Gasteiger partial charge in [0.05, 0.1) is 25.9 Å². The van der Waals surface area contributed by atoms with E-state index < -0.39 is 6.04 Å². The zero-order valence-electron chi connectivity index (χ0n) is 15.6. The molecule has 3 rings (SSSR count). The number of aliphatic hydroxyl groups is 1. The van der Waals surface area contributed by atoms with E-state index in [2.05, 4.69) is 10.2 Å². The second-order valence-electron chi connectivity index (χ2n) is 6.69. The fourth-order valence-corrected chi connectivity index (χ4v) is 3.16. The number of anilines is 1. The number of morpholine rings is 1. The van der Waals surface area contributed by atoms with E-state index in [-0.39, 0.29) is 12.5 Å². The predicted octanol–water partition coefficient (Wildman–Crippen LogP) is 2.69. The SMILES string of the molecule is Cc1cccc(/C=C/C(=O)N[C@H](CO)c2cccc(N3CCOCC3)c2)c1. The van der Waals surface area contributed by atoms with Crippen LogP contribution in [0.2, 0.25) is 0 Å². The zero-order chi connectivity index (χ0) is 19.1. The molecule has 0 spiro atoms. The number of benzene rings is 2. The first-order valence-electron chi connectivity index (χ1n) is 9.24. The van der Waals surface area contributed by atoms with Gasteiger partial charge in [-0.1, -0.05) is 42.0 Å². The Labute approximate surface area is 160 Å². The van der Waals surface area contributed by atoms with Crippen LogP contribution in [-0.2, 0) is 9.53 Å². The first-order chi connectivity index (χ1) is 13.2. The van der Waals surface area contributed by atoms with Gasteiger partial charge in [0.2, 0.25) is 5.91 Å². The quantitative estimate of drug-likeness (QED) is 0.772. The number of hydrogen-bond donors (Lipinski definition) is 2. The van der Waals surface area contributed by atoms with Crippen LogP contribution >= 0.6 is 0 Å². The molecule has 1 atom stereocenters. The molecule has 2 aromatic rings. The third kappa shape index (κ3) is 5.42. The van der Waals surface area contributed by atoms with Crippen molar-refractivity contribution >= 4 is 17.7 Å². The fourth-order valence-electron chi connectivity index (χ4n) is 3.16. The summed E-state index contributed by atoms with van der Waals surface area (Å²) in [7, 11) is 0. The van der Waals surface area contributed by atoms with Crippen LogP contribution in [0, 0.1) is 6.92 Å². The molecule has 5 heteroatoms. The Kier molecular flexibility index (Phi) is 6.63. The van der Waals surface area contributed by atoms with Gasteiger partial charge in [-0.25, -0.2) is 0 Å². The van der Waals surface area contributed by atoms with Crippen molar-refractivity contribution in [1.29, 1.82) is 0 Å². The third-order valence-electron chi connectivity index (χ3n) is 4.62. The molecule has 0 aromatic heterocycles. The van der Waals surface area contributed by atoms with Crippen LogP contribution in [0.5, 0.6) is 0 Å². The number of ether oxygens (including phenoxy) is 1. The largest absolute Gasteiger partial charge is 0.394 e. The Balaban J connectivity index is 1.66. The number of nitrogens with zero attached hydrogens (tertiary/aromatic N) is 1. The minimum Gasteiger partial charge on any atom is -0.394 e. The Morgan fingerprint density at radius 1 is 1.22 bits per heavy atom. The van der Waals surface area contributed by atoms with E-state index in [9.17, 15) is 9.90 Å². The molecule has 2 N–H and O–H groups in total. The van der Waals surface area contributed by atoms with E-state index in [4.69, 9.17) is 4.74 Å². The van der Waals surface area contributed by atoms with Gasteiger partial charge in [0.25, 0.3) is 0 Å². The average molecular weight is 366 g/mol. The van der Waals surface area contributed by atoms with Gasteiger partial charge in [-0.3, -0.25) is 4.79 Å². The summed E-state index contributed by atoms with van der Waals surface area (Å²) in [5.41, 5.74) is 4.09. The summed E-state index contributed by atoms with van der Waals surface area (Å²) < 4.78 is 5.40. The second-order valence-corrected chi connectivity index (χ2v) is 6.69. The van der Waals surface area contributed by atoms with Crippen molar-refractivity contribution in [1.82, 2.24) is 5.32 Å². The molecule has 1 saturated heterocycles. The number of nitrogens with one attached hydrogen (secondary N) is 1. The molecule has 0 bridgehead atoms. The molecule has 1 aliphatic rings. The Hall–Kier alpha value is -2.63. The highest BCUT2D eigenvalue weighted by molar-refractivity contribution is 5.92. The maximum absolute atomic E-state index is 12.3. The van der Waals surface area contributed by atoms with E-state index in [1.165, 1.54) is 6.08 Å². The van der Waals surface area contributed by atoms with Crippen LogP contribution < -0.4 is 10.2 Å². The van der Waals surface area contributed by atoms with Crippen LogP contribution in [0.15, 0.2) is 54.6 Å². The maximum atomic E-state index is 12.3. The predicted molar refractivity (Wildman–Crippen MR) is 108 cm³/mol. The lowest BCUT2D eigenvalue weighted by atomic mass is 10.1. The molecular formula is C22H26N2O3. The van der Waals surface area contributed by atoms with Gasteiger partial charge in [0, 0.05) is 24.9 Å². The highest BCUT2D eigenvalue weighted by Gasteiger charge is 2.16. The molecule has 1 aliphatic heterocycles. The second kappa shape index (κ2) is 9.35.